The van der Waals surface area contributed by atoms with Crippen molar-refractivity contribution in [1.29, 1.82) is 0 Å². The number of piperazine rings is 1. The van der Waals surface area contributed by atoms with Gasteiger partial charge < -0.3 is 4.52 Å². The molecule has 0 radical (unpaired) electrons. The first kappa shape index (κ1) is 19.6. The summed E-state index contributed by atoms with van der Waals surface area (Å²) in [5, 5.41) is 4.79. The molecule has 2 aromatic heterocycles. The second-order valence-corrected chi connectivity index (χ2v) is 8.29. The van der Waals surface area contributed by atoms with Gasteiger partial charge in [0.1, 0.15) is 0 Å². The average molecular weight is 397 g/mol. The Morgan fingerprint density at radius 1 is 1.24 bits per heavy atom. The number of aromatic amines is 1. The summed E-state index contributed by atoms with van der Waals surface area (Å²) in [6.45, 7) is 11.9. The van der Waals surface area contributed by atoms with Gasteiger partial charge in [-0.25, -0.2) is 9.36 Å². The lowest BCUT2D eigenvalue weighted by Crippen LogP contribution is -2.52. The van der Waals surface area contributed by atoms with E-state index in [1.54, 1.807) is 0 Å². The summed E-state index contributed by atoms with van der Waals surface area (Å²) in [5.74, 6) is 1.06. The molecule has 8 heteroatoms. The summed E-state index contributed by atoms with van der Waals surface area (Å²) >= 11 is 0. The lowest BCUT2D eigenvalue weighted by atomic mass is 10.1. The second-order valence-electron chi connectivity index (χ2n) is 8.29. The summed E-state index contributed by atoms with van der Waals surface area (Å²) in [4.78, 5) is 30.8. The van der Waals surface area contributed by atoms with Crippen LogP contribution >= 0.6 is 0 Å². The molecule has 8 nitrogen and oxygen atoms in total. The highest BCUT2D eigenvalue weighted by molar-refractivity contribution is 5.84. The van der Waals surface area contributed by atoms with Crippen molar-refractivity contribution in [3.05, 3.63) is 56.9 Å². The molecule has 4 rings (SSSR count). The maximum absolute atomic E-state index is 12.1. The van der Waals surface area contributed by atoms with Crippen molar-refractivity contribution >= 4 is 11.0 Å². The Balaban J connectivity index is 1.55. The van der Waals surface area contributed by atoms with E-state index in [4.69, 9.17) is 4.52 Å². The van der Waals surface area contributed by atoms with E-state index in [1.807, 2.05) is 18.2 Å². The molecule has 1 atom stereocenters. The molecule has 0 bridgehead atoms. The molecule has 1 fully saturated rings. The fourth-order valence-electron chi connectivity index (χ4n) is 4.04. The molecule has 29 heavy (non-hydrogen) atoms. The third-order valence-corrected chi connectivity index (χ3v) is 5.42. The van der Waals surface area contributed by atoms with Gasteiger partial charge in [0.25, 0.3) is 5.56 Å². The summed E-state index contributed by atoms with van der Waals surface area (Å²) in [6.07, 6.45) is 1.42. The average Bonchev–Trinajstić information content (AvgIpc) is 3.07. The Hall–Kier alpha value is -2.71. The quantitative estimate of drug-likeness (QED) is 0.707. The molecule has 0 spiro atoms. The Kier molecular flexibility index (Phi) is 5.38. The number of aromatic nitrogens is 3. The van der Waals surface area contributed by atoms with Crippen LogP contribution in [0.2, 0.25) is 0 Å². The predicted molar refractivity (Wildman–Crippen MR) is 111 cm³/mol. The van der Waals surface area contributed by atoms with Crippen molar-refractivity contribution in [3.8, 4) is 5.82 Å². The zero-order valence-electron chi connectivity index (χ0n) is 17.1. The molecular weight excluding hydrogens is 370 g/mol. The summed E-state index contributed by atoms with van der Waals surface area (Å²) in [7, 11) is 0. The first-order valence-corrected chi connectivity index (χ1v) is 10.1. The normalized spacial score (nSPS) is 18.7. The first-order chi connectivity index (χ1) is 13.9. The fourth-order valence-corrected chi connectivity index (χ4v) is 4.04. The SMILES string of the molecule is CC(C)CN1CCN(Cc2ccc3onc(-n4ccc(=O)[nH]c4=O)c3c2)CC1C. The van der Waals surface area contributed by atoms with Gasteiger partial charge >= 0.3 is 5.69 Å². The van der Waals surface area contributed by atoms with Crippen LogP contribution in [0.3, 0.4) is 0 Å². The molecule has 1 aliphatic rings. The highest BCUT2D eigenvalue weighted by atomic mass is 16.5. The molecule has 1 unspecified atom stereocenters. The van der Waals surface area contributed by atoms with Crippen molar-refractivity contribution in [1.82, 2.24) is 24.5 Å². The molecule has 1 aromatic carbocycles. The van der Waals surface area contributed by atoms with Crippen LogP contribution in [0.15, 0.2) is 44.6 Å². The predicted octanol–water partition coefficient (Wildman–Crippen LogP) is 1.83. The minimum absolute atomic E-state index is 0.387. The highest BCUT2D eigenvalue weighted by Gasteiger charge is 2.24. The van der Waals surface area contributed by atoms with Crippen molar-refractivity contribution in [3.63, 3.8) is 0 Å². The fraction of sp³-hybridized carbons (Fsp3) is 0.476. The lowest BCUT2D eigenvalue weighted by molar-refractivity contribution is 0.0702. The van der Waals surface area contributed by atoms with Crippen molar-refractivity contribution < 1.29 is 4.52 Å². The third-order valence-electron chi connectivity index (χ3n) is 5.42. The Bertz CT molecular complexity index is 1110. The molecule has 1 N–H and O–H groups in total. The Morgan fingerprint density at radius 3 is 2.79 bits per heavy atom. The largest absolute Gasteiger partial charge is 0.354 e. The minimum atomic E-state index is -0.534. The Morgan fingerprint density at radius 2 is 2.07 bits per heavy atom. The van der Waals surface area contributed by atoms with Crippen LogP contribution in [0, 0.1) is 5.92 Å². The van der Waals surface area contributed by atoms with Crippen molar-refractivity contribution in [2.75, 3.05) is 26.2 Å². The van der Waals surface area contributed by atoms with E-state index in [9.17, 15) is 9.59 Å². The van der Waals surface area contributed by atoms with Gasteiger partial charge in [-0.3, -0.25) is 19.6 Å². The van der Waals surface area contributed by atoms with Gasteiger partial charge in [0.2, 0.25) is 0 Å². The van der Waals surface area contributed by atoms with Crippen LogP contribution in [-0.2, 0) is 6.54 Å². The molecule has 0 aliphatic carbocycles. The third kappa shape index (κ3) is 4.18. The van der Waals surface area contributed by atoms with Gasteiger partial charge in [0, 0.05) is 51.0 Å². The topological polar surface area (TPSA) is 87.4 Å². The minimum Gasteiger partial charge on any atom is -0.354 e. The monoisotopic (exact) mass is 397 g/mol. The number of hydrogen-bond donors (Lipinski definition) is 1. The lowest BCUT2D eigenvalue weighted by Gasteiger charge is -2.40. The number of hydrogen-bond acceptors (Lipinski definition) is 6. The van der Waals surface area contributed by atoms with Gasteiger partial charge in [0.05, 0.1) is 5.39 Å². The molecule has 0 amide bonds. The molecule has 1 aliphatic heterocycles. The Labute approximate surface area is 168 Å². The maximum atomic E-state index is 12.1. The van der Waals surface area contributed by atoms with Gasteiger partial charge in [0.15, 0.2) is 11.4 Å². The summed E-state index contributed by atoms with van der Waals surface area (Å²) in [6, 6.07) is 7.77. The number of nitrogens with zero attached hydrogens (tertiary/aromatic N) is 4. The number of fused-ring (bicyclic) bond motifs is 1. The van der Waals surface area contributed by atoms with Crippen molar-refractivity contribution in [2.24, 2.45) is 5.92 Å². The number of rotatable bonds is 5. The standard InChI is InChI=1S/C21H27N5O3/c1-14(2)11-25-9-8-24(12-15(25)3)13-16-4-5-18-17(10-16)20(23-29-18)26-7-6-19(27)22-21(26)28/h4-7,10,14-15H,8-9,11-13H2,1-3H3,(H,22,27,28). The van der Waals surface area contributed by atoms with Gasteiger partial charge in [-0.2, -0.15) is 0 Å². The van der Waals surface area contributed by atoms with E-state index < -0.39 is 11.2 Å². The van der Waals surface area contributed by atoms with Crippen LogP contribution < -0.4 is 11.2 Å². The summed E-state index contributed by atoms with van der Waals surface area (Å²) < 4.78 is 6.68. The van der Waals surface area contributed by atoms with Gasteiger partial charge in [-0.15, -0.1) is 0 Å². The molecule has 0 saturated carbocycles. The zero-order valence-corrected chi connectivity index (χ0v) is 17.1. The van der Waals surface area contributed by atoms with Crippen LogP contribution in [0.1, 0.15) is 26.3 Å². The van der Waals surface area contributed by atoms with Crippen LogP contribution in [0.25, 0.3) is 16.8 Å². The van der Waals surface area contributed by atoms with E-state index >= 15 is 0 Å². The van der Waals surface area contributed by atoms with Crippen LogP contribution in [0.5, 0.6) is 0 Å². The van der Waals surface area contributed by atoms with E-state index in [0.29, 0.717) is 23.4 Å². The van der Waals surface area contributed by atoms with Gasteiger partial charge in [-0.05, 0) is 30.5 Å². The van der Waals surface area contributed by atoms with E-state index in [0.717, 1.165) is 43.7 Å². The zero-order chi connectivity index (χ0) is 20.5. The molecule has 154 valence electrons. The molecular formula is C21H27N5O3. The molecule has 3 heterocycles. The van der Waals surface area contributed by atoms with E-state index in [1.165, 1.54) is 16.8 Å². The van der Waals surface area contributed by atoms with Crippen molar-refractivity contribution in [2.45, 2.75) is 33.4 Å². The van der Waals surface area contributed by atoms with E-state index in [2.05, 4.69) is 40.7 Å². The maximum Gasteiger partial charge on any atom is 0.334 e. The molecule has 3 aromatic rings. The second kappa shape index (κ2) is 7.96. The molecule has 1 saturated heterocycles. The van der Waals surface area contributed by atoms with Gasteiger partial charge in [-0.1, -0.05) is 25.1 Å². The highest BCUT2D eigenvalue weighted by Crippen LogP contribution is 2.23. The smallest absolute Gasteiger partial charge is 0.334 e. The number of benzene rings is 1. The van der Waals surface area contributed by atoms with E-state index in [-0.39, 0.29) is 0 Å². The number of nitrogens with one attached hydrogen (secondary N) is 1. The first-order valence-electron chi connectivity index (χ1n) is 10.1. The van der Waals surface area contributed by atoms with Crippen LogP contribution in [-0.4, -0.2) is 56.7 Å². The number of H-pyrrole nitrogens is 1. The summed E-state index contributed by atoms with van der Waals surface area (Å²) in [5.41, 5.74) is 0.777. The van der Waals surface area contributed by atoms with Crippen LogP contribution in [0.4, 0.5) is 0 Å².